The highest BCUT2D eigenvalue weighted by Gasteiger charge is 2.23. The smallest absolute Gasteiger partial charge is 0.231 e. The maximum Gasteiger partial charge on any atom is 0.231 e. The second-order valence-electron chi connectivity index (χ2n) is 7.93. The highest BCUT2D eigenvalue weighted by molar-refractivity contribution is 7.99. The molecule has 2 aromatic heterocycles. The summed E-state index contributed by atoms with van der Waals surface area (Å²) in [5, 5.41) is 3.57. The van der Waals surface area contributed by atoms with E-state index in [1.54, 1.807) is 6.07 Å². The third kappa shape index (κ3) is 4.09. The van der Waals surface area contributed by atoms with E-state index in [1.165, 1.54) is 18.1 Å². The maximum absolute atomic E-state index is 12.2. The van der Waals surface area contributed by atoms with Crippen LogP contribution in [0.25, 0.3) is 11.2 Å². The first-order valence-electron chi connectivity index (χ1n) is 9.61. The number of rotatable bonds is 5. The van der Waals surface area contributed by atoms with Crippen molar-refractivity contribution in [2.75, 3.05) is 19.1 Å². The van der Waals surface area contributed by atoms with Gasteiger partial charge in [-0.15, -0.1) is 6.42 Å². The number of terminal acetylenes is 1. The first-order chi connectivity index (χ1) is 14.8. The lowest BCUT2D eigenvalue weighted by molar-refractivity contribution is -0.128. The third-order valence-electron chi connectivity index (χ3n) is 4.66. The first kappa shape index (κ1) is 20.8. The molecule has 1 amide bonds. The topological polar surface area (TPSA) is 117 Å². The quantitative estimate of drug-likeness (QED) is 0.584. The average molecular weight is 439 g/mol. The second kappa shape index (κ2) is 8.00. The molecule has 1 aliphatic rings. The number of hydrogen-bond donors (Lipinski definition) is 2. The number of aromatic nitrogens is 4. The van der Waals surface area contributed by atoms with Gasteiger partial charge in [-0.3, -0.25) is 4.79 Å². The number of nitrogens with zero attached hydrogens (tertiary/aromatic N) is 4. The molecule has 1 aliphatic heterocycles. The summed E-state index contributed by atoms with van der Waals surface area (Å²) in [5.74, 6) is 4.17. The van der Waals surface area contributed by atoms with Gasteiger partial charge < -0.3 is 25.1 Å². The highest BCUT2D eigenvalue weighted by atomic mass is 32.2. The van der Waals surface area contributed by atoms with Crippen LogP contribution in [-0.4, -0.2) is 38.8 Å². The average Bonchev–Trinajstić information content (AvgIpc) is 3.31. The molecule has 31 heavy (non-hydrogen) atoms. The molecule has 0 unspecified atom stereocenters. The summed E-state index contributed by atoms with van der Waals surface area (Å²) >= 11 is 1.37. The van der Waals surface area contributed by atoms with E-state index in [1.807, 2.05) is 31.4 Å². The van der Waals surface area contributed by atoms with E-state index in [0.29, 0.717) is 46.5 Å². The monoisotopic (exact) mass is 438 g/mol. The molecule has 3 heterocycles. The van der Waals surface area contributed by atoms with Crippen LogP contribution in [0.2, 0.25) is 0 Å². The molecule has 1 aromatic carbocycles. The lowest BCUT2D eigenvalue weighted by Crippen LogP contribution is -2.36. The van der Waals surface area contributed by atoms with Gasteiger partial charge in [-0.05, 0) is 6.07 Å². The number of nitrogens with two attached hydrogens (primary N) is 1. The molecule has 0 saturated heterocycles. The van der Waals surface area contributed by atoms with Crippen LogP contribution >= 0.6 is 11.8 Å². The number of anilines is 1. The van der Waals surface area contributed by atoms with Crippen LogP contribution in [-0.2, 0) is 11.3 Å². The molecule has 10 heteroatoms. The second-order valence-corrected chi connectivity index (χ2v) is 8.94. The van der Waals surface area contributed by atoms with Crippen LogP contribution in [0.4, 0.5) is 5.82 Å². The Morgan fingerprint density at radius 1 is 1.32 bits per heavy atom. The molecule has 0 radical (unpaired) electrons. The molecule has 0 bridgehead atoms. The molecule has 0 aliphatic carbocycles. The van der Waals surface area contributed by atoms with Gasteiger partial charge in [-0.1, -0.05) is 38.5 Å². The number of amides is 1. The lowest BCUT2D eigenvalue weighted by Gasteiger charge is -2.18. The summed E-state index contributed by atoms with van der Waals surface area (Å²) in [7, 11) is 0. The van der Waals surface area contributed by atoms with Gasteiger partial charge in [-0.2, -0.15) is 0 Å². The number of fused-ring (bicyclic) bond motifs is 2. The van der Waals surface area contributed by atoms with Crippen molar-refractivity contribution in [1.29, 1.82) is 0 Å². The van der Waals surface area contributed by atoms with Gasteiger partial charge in [0.2, 0.25) is 12.7 Å². The SMILES string of the molecule is C#Cc1cc2c(cc1Sc1nc3c(N)ncnc3n1CCNC(=O)C(C)(C)C)OCO2. The van der Waals surface area contributed by atoms with Crippen molar-refractivity contribution >= 4 is 34.7 Å². The summed E-state index contributed by atoms with van der Waals surface area (Å²) in [6.45, 7) is 6.61. The minimum Gasteiger partial charge on any atom is -0.454 e. The zero-order chi connectivity index (χ0) is 22.2. The largest absolute Gasteiger partial charge is 0.454 e. The van der Waals surface area contributed by atoms with Crippen molar-refractivity contribution < 1.29 is 14.3 Å². The van der Waals surface area contributed by atoms with Crippen molar-refractivity contribution in [3.63, 3.8) is 0 Å². The number of carbonyl (C=O) groups is 1. The Labute approximate surface area is 183 Å². The van der Waals surface area contributed by atoms with Crippen LogP contribution in [0.5, 0.6) is 11.5 Å². The number of nitrogen functional groups attached to an aromatic ring is 1. The van der Waals surface area contributed by atoms with Crippen molar-refractivity contribution in [3.8, 4) is 23.8 Å². The van der Waals surface area contributed by atoms with Crippen LogP contribution in [0.15, 0.2) is 28.5 Å². The minimum atomic E-state index is -0.477. The Hall–Kier alpha value is -3.45. The van der Waals surface area contributed by atoms with E-state index < -0.39 is 5.41 Å². The van der Waals surface area contributed by atoms with E-state index in [9.17, 15) is 4.79 Å². The van der Waals surface area contributed by atoms with Gasteiger partial charge in [0, 0.05) is 35.0 Å². The predicted octanol–water partition coefficient (Wildman–Crippen LogP) is 2.43. The third-order valence-corrected chi connectivity index (χ3v) is 5.71. The fourth-order valence-corrected chi connectivity index (χ4v) is 3.99. The summed E-state index contributed by atoms with van der Waals surface area (Å²) in [4.78, 5) is 26.1. The predicted molar refractivity (Wildman–Crippen MR) is 117 cm³/mol. The van der Waals surface area contributed by atoms with Crippen molar-refractivity contribution in [3.05, 3.63) is 24.0 Å². The summed E-state index contributed by atoms with van der Waals surface area (Å²) in [6.07, 6.45) is 7.11. The number of hydrogen-bond acceptors (Lipinski definition) is 8. The Balaban J connectivity index is 1.68. The fourth-order valence-electron chi connectivity index (χ4n) is 2.98. The standard InChI is InChI=1S/C21H22N6O3S/c1-5-12-8-13-14(30-11-29-13)9-15(12)31-20-26-16-17(22)24-10-25-18(16)27(20)7-6-23-19(28)21(2,3)4/h1,8-10H,6-7,11H2,2-4H3,(H,23,28)(H2,22,24,25). The molecule has 0 spiro atoms. The first-order valence-corrected chi connectivity index (χ1v) is 10.4. The van der Waals surface area contributed by atoms with E-state index in [0.717, 1.165) is 4.90 Å². The number of nitrogens with one attached hydrogen (secondary N) is 1. The van der Waals surface area contributed by atoms with Crippen molar-refractivity contribution in [1.82, 2.24) is 24.8 Å². The van der Waals surface area contributed by atoms with Crippen molar-refractivity contribution in [2.45, 2.75) is 37.4 Å². The molecule has 160 valence electrons. The Kier molecular flexibility index (Phi) is 5.37. The minimum absolute atomic E-state index is 0.0364. The highest BCUT2D eigenvalue weighted by Crippen LogP contribution is 2.41. The summed E-state index contributed by atoms with van der Waals surface area (Å²) in [5.41, 5.74) is 7.29. The van der Waals surface area contributed by atoms with Crippen LogP contribution < -0.4 is 20.5 Å². The Morgan fingerprint density at radius 3 is 2.77 bits per heavy atom. The number of benzene rings is 1. The van der Waals surface area contributed by atoms with E-state index in [-0.39, 0.29) is 18.5 Å². The number of imidazole rings is 1. The molecule has 9 nitrogen and oxygen atoms in total. The number of ether oxygens (including phenoxy) is 2. The Morgan fingerprint density at radius 2 is 2.06 bits per heavy atom. The van der Waals surface area contributed by atoms with Crippen LogP contribution in [0, 0.1) is 17.8 Å². The molecular formula is C21H22N6O3S. The zero-order valence-electron chi connectivity index (χ0n) is 17.4. The normalized spacial score (nSPS) is 12.7. The van der Waals surface area contributed by atoms with Crippen molar-refractivity contribution in [2.24, 2.45) is 5.41 Å². The molecule has 0 fully saturated rings. The van der Waals surface area contributed by atoms with Gasteiger partial charge in [0.25, 0.3) is 0 Å². The summed E-state index contributed by atoms with van der Waals surface area (Å²) < 4.78 is 12.8. The molecule has 4 rings (SSSR count). The molecule has 3 aromatic rings. The molecule has 3 N–H and O–H groups in total. The molecule has 0 atom stereocenters. The lowest BCUT2D eigenvalue weighted by atomic mass is 9.96. The van der Waals surface area contributed by atoms with Crippen LogP contribution in [0.3, 0.4) is 0 Å². The van der Waals surface area contributed by atoms with Crippen LogP contribution in [0.1, 0.15) is 26.3 Å². The van der Waals surface area contributed by atoms with Gasteiger partial charge in [0.05, 0.1) is 0 Å². The van der Waals surface area contributed by atoms with Gasteiger partial charge in [0.1, 0.15) is 6.33 Å². The zero-order valence-corrected chi connectivity index (χ0v) is 18.2. The van der Waals surface area contributed by atoms with Gasteiger partial charge in [-0.25, -0.2) is 15.0 Å². The summed E-state index contributed by atoms with van der Waals surface area (Å²) in [6, 6.07) is 3.61. The van der Waals surface area contributed by atoms with Gasteiger partial charge in [0.15, 0.2) is 33.6 Å². The fraction of sp³-hybridized carbons (Fsp3) is 0.333. The maximum atomic E-state index is 12.2. The van der Waals surface area contributed by atoms with E-state index in [2.05, 4.69) is 26.2 Å². The van der Waals surface area contributed by atoms with Gasteiger partial charge >= 0.3 is 0 Å². The van der Waals surface area contributed by atoms with E-state index >= 15 is 0 Å². The van der Waals surface area contributed by atoms with E-state index in [4.69, 9.17) is 21.6 Å². The molecular weight excluding hydrogens is 416 g/mol. The number of carbonyl (C=O) groups excluding carboxylic acids is 1. The Bertz CT molecular complexity index is 1210. The molecule has 0 saturated carbocycles.